The van der Waals surface area contributed by atoms with Crippen molar-refractivity contribution in [3.63, 3.8) is 0 Å². The Morgan fingerprint density at radius 3 is 0.931 bits per heavy atom. The van der Waals surface area contributed by atoms with E-state index in [4.69, 9.17) is 0 Å². The van der Waals surface area contributed by atoms with Gasteiger partial charge in [-0.3, -0.25) is 0 Å². The Morgan fingerprint density at radius 2 is 0.655 bits per heavy atom. The Morgan fingerprint density at radius 1 is 0.414 bits per heavy atom. The van der Waals surface area contributed by atoms with Crippen LogP contribution in [0.15, 0.2) is 110 Å². The molecule has 2 aliphatic carbocycles. The van der Waals surface area contributed by atoms with Crippen molar-refractivity contribution in [2.75, 3.05) is 0 Å². The molecule has 0 spiro atoms. The number of benzene rings is 4. The zero-order chi connectivity index (χ0) is 19.8. The fraction of sp³-hybridized carbons (Fsp3) is 0.0714. The summed E-state index contributed by atoms with van der Waals surface area (Å²) in [4.78, 5) is 0. The quantitative estimate of drug-likeness (QED) is 0.185. The third kappa shape index (κ3) is 2.91. The fourth-order valence-electron chi connectivity index (χ4n) is 4.84. The molecule has 0 atom stereocenters. The molecule has 0 heterocycles. The first-order chi connectivity index (χ1) is 14.4. The maximum absolute atomic E-state index is 3.00. The first-order valence-electron chi connectivity index (χ1n) is 10.0. The standard InChI is InChI=1S/2C13H9.C2H4.Hf/c2*1-3-7-12-10(5-1)9-11-6-2-4-8-13(11)12;1-2;/h2*1-9H;1-2H2;. The second-order valence-electron chi connectivity index (χ2n) is 7.38. The van der Waals surface area contributed by atoms with Gasteiger partial charge in [0.05, 0.1) is 0 Å². The molecule has 4 aromatic rings. The molecule has 0 saturated heterocycles. The van der Waals surface area contributed by atoms with Gasteiger partial charge in [0.2, 0.25) is 0 Å². The average molecular weight is 537 g/mol. The molecule has 0 nitrogen and oxygen atoms in total. The van der Waals surface area contributed by atoms with E-state index in [2.05, 4.69) is 110 Å². The van der Waals surface area contributed by atoms with Crippen LogP contribution in [-0.2, 0) is 22.9 Å². The molecule has 0 aromatic heterocycles. The summed E-state index contributed by atoms with van der Waals surface area (Å²) in [6.07, 6.45) is 0. The van der Waals surface area contributed by atoms with Gasteiger partial charge >= 0.3 is 172 Å². The van der Waals surface area contributed by atoms with Gasteiger partial charge in [-0.15, -0.1) is 13.2 Å². The van der Waals surface area contributed by atoms with Crippen LogP contribution in [0.4, 0.5) is 0 Å². The molecule has 0 aliphatic heterocycles. The van der Waals surface area contributed by atoms with Crippen molar-refractivity contribution in [2.45, 2.75) is 7.35 Å². The summed E-state index contributed by atoms with van der Waals surface area (Å²) in [5, 5.41) is 0. The molecule has 29 heavy (non-hydrogen) atoms. The van der Waals surface area contributed by atoms with Crippen molar-refractivity contribution in [1.29, 1.82) is 0 Å². The maximum atomic E-state index is 3.00. The molecule has 0 unspecified atom stereocenters. The molecule has 0 bridgehead atoms. The molecule has 0 radical (unpaired) electrons. The second kappa shape index (κ2) is 7.72. The molecule has 2 aliphatic rings. The Labute approximate surface area is 184 Å². The van der Waals surface area contributed by atoms with E-state index >= 15 is 0 Å². The van der Waals surface area contributed by atoms with Crippen LogP contribution < -0.4 is 0 Å². The van der Waals surface area contributed by atoms with E-state index in [1.807, 2.05) is 0 Å². The molecule has 0 fully saturated rings. The van der Waals surface area contributed by atoms with Crippen LogP contribution in [-0.4, -0.2) is 0 Å². The van der Waals surface area contributed by atoms with Gasteiger partial charge in [-0.1, -0.05) is 0 Å². The first kappa shape index (κ1) is 18.5. The van der Waals surface area contributed by atoms with Crippen LogP contribution in [0, 0.1) is 0 Å². The molecule has 0 amide bonds. The van der Waals surface area contributed by atoms with Gasteiger partial charge in [0.25, 0.3) is 0 Å². The van der Waals surface area contributed by atoms with E-state index in [1.54, 1.807) is 22.3 Å². The minimum atomic E-state index is -1.11. The van der Waals surface area contributed by atoms with Gasteiger partial charge in [0.1, 0.15) is 0 Å². The van der Waals surface area contributed by atoms with Crippen LogP contribution in [0.1, 0.15) is 29.6 Å². The summed E-state index contributed by atoms with van der Waals surface area (Å²) in [5.41, 5.74) is 12.1. The van der Waals surface area contributed by atoms with E-state index in [-0.39, 0.29) is 0 Å². The van der Waals surface area contributed by atoms with E-state index in [0.29, 0.717) is 7.35 Å². The zero-order valence-corrected chi connectivity index (χ0v) is 19.9. The zero-order valence-electron chi connectivity index (χ0n) is 16.3. The fourth-order valence-corrected chi connectivity index (χ4v) is 12.2. The van der Waals surface area contributed by atoms with Crippen molar-refractivity contribution < 1.29 is 22.9 Å². The third-order valence-corrected chi connectivity index (χ3v) is 12.9. The summed E-state index contributed by atoms with van der Waals surface area (Å²) >= 11 is -1.11. The topological polar surface area (TPSA) is 0 Å². The Balaban J connectivity index is 0.000000882. The Bertz CT molecular complexity index is 1010. The molecular weight excluding hydrogens is 515 g/mol. The predicted molar refractivity (Wildman–Crippen MR) is 119 cm³/mol. The molecule has 0 saturated carbocycles. The summed E-state index contributed by atoms with van der Waals surface area (Å²) in [6, 6.07) is 36.4. The number of fused-ring (bicyclic) bond motifs is 6. The third-order valence-electron chi connectivity index (χ3n) is 6.00. The van der Waals surface area contributed by atoms with E-state index in [0.717, 1.165) is 0 Å². The normalized spacial score (nSPS) is 13.5. The van der Waals surface area contributed by atoms with E-state index in [9.17, 15) is 0 Å². The second-order valence-corrected chi connectivity index (χ2v) is 12.7. The molecular formula is C28H22Hf. The number of hydrogen-bond donors (Lipinski definition) is 0. The van der Waals surface area contributed by atoms with E-state index in [1.165, 1.54) is 22.3 Å². The van der Waals surface area contributed by atoms with Gasteiger partial charge in [-0.05, 0) is 0 Å². The monoisotopic (exact) mass is 538 g/mol. The van der Waals surface area contributed by atoms with Gasteiger partial charge in [-0.25, -0.2) is 0 Å². The number of hydrogen-bond acceptors (Lipinski definition) is 0. The van der Waals surface area contributed by atoms with Gasteiger partial charge < -0.3 is 0 Å². The average Bonchev–Trinajstić information content (AvgIpc) is 3.30. The van der Waals surface area contributed by atoms with Gasteiger partial charge in [-0.2, -0.15) is 0 Å². The summed E-state index contributed by atoms with van der Waals surface area (Å²) in [5.74, 6) is 0. The van der Waals surface area contributed by atoms with Crippen LogP contribution in [0.3, 0.4) is 0 Å². The number of rotatable bonds is 2. The summed E-state index contributed by atoms with van der Waals surface area (Å²) in [7, 11) is 0. The van der Waals surface area contributed by atoms with Crippen LogP contribution >= 0.6 is 0 Å². The molecule has 1 heteroatoms. The van der Waals surface area contributed by atoms with Crippen LogP contribution in [0.2, 0.25) is 0 Å². The molecule has 6 rings (SSSR count). The van der Waals surface area contributed by atoms with Gasteiger partial charge in [0.15, 0.2) is 0 Å². The first-order valence-corrected chi connectivity index (χ1v) is 14.2. The van der Waals surface area contributed by atoms with Crippen LogP contribution in [0.25, 0.3) is 22.3 Å². The Hall–Kier alpha value is -2.51. The minimum absolute atomic E-state index is 0.654. The molecule has 138 valence electrons. The van der Waals surface area contributed by atoms with Crippen molar-refractivity contribution in [2.24, 2.45) is 0 Å². The molecule has 4 aromatic carbocycles. The van der Waals surface area contributed by atoms with E-state index < -0.39 is 22.9 Å². The summed E-state index contributed by atoms with van der Waals surface area (Å²) < 4.78 is 1.31. The van der Waals surface area contributed by atoms with Crippen molar-refractivity contribution >= 4 is 0 Å². The van der Waals surface area contributed by atoms with Crippen molar-refractivity contribution in [3.8, 4) is 22.3 Å². The summed E-state index contributed by atoms with van der Waals surface area (Å²) in [6.45, 7) is 6.00. The molecule has 0 N–H and O–H groups in total. The van der Waals surface area contributed by atoms with Crippen molar-refractivity contribution in [3.05, 3.63) is 132 Å². The predicted octanol–water partition coefficient (Wildman–Crippen LogP) is 7.41. The van der Waals surface area contributed by atoms with Crippen molar-refractivity contribution in [1.82, 2.24) is 0 Å². The van der Waals surface area contributed by atoms with Crippen LogP contribution in [0.5, 0.6) is 0 Å². The SMILES string of the molecule is C=C.c1ccc2c(c1)-c1ccccc1[CH]2[Hf][CH]1c2ccccc2-c2ccccc21. The van der Waals surface area contributed by atoms with Gasteiger partial charge in [0, 0.05) is 0 Å². The Kier molecular flexibility index (Phi) is 4.93.